The maximum atomic E-state index is 5.76. The number of aromatic nitrogens is 2. The van der Waals surface area contributed by atoms with E-state index in [1.807, 2.05) is 24.3 Å². The van der Waals surface area contributed by atoms with E-state index >= 15 is 0 Å². The van der Waals surface area contributed by atoms with E-state index in [-0.39, 0.29) is 0 Å². The second-order valence-corrected chi connectivity index (χ2v) is 3.80. The molecular formula is C12H12N2O. The molecule has 1 aliphatic heterocycles. The summed E-state index contributed by atoms with van der Waals surface area (Å²) in [5.41, 5.74) is 1.92. The summed E-state index contributed by atoms with van der Waals surface area (Å²) >= 11 is 0. The van der Waals surface area contributed by atoms with Crippen LogP contribution in [0.2, 0.25) is 0 Å². The van der Waals surface area contributed by atoms with Crippen LogP contribution < -0.4 is 4.74 Å². The molecule has 76 valence electrons. The van der Waals surface area contributed by atoms with E-state index in [9.17, 15) is 0 Å². The zero-order chi connectivity index (χ0) is 10.1. The first-order valence-electron chi connectivity index (χ1n) is 5.32. The van der Waals surface area contributed by atoms with Crippen LogP contribution in [0.3, 0.4) is 0 Å². The SMILES string of the molecule is c1ccc2c3c(nnc2c1)CCCCO3. The second kappa shape index (κ2) is 3.50. The largest absolute Gasteiger partial charge is 0.491 e. The summed E-state index contributed by atoms with van der Waals surface area (Å²) in [6.45, 7) is 0.794. The standard InChI is InChI=1S/C12H12N2O/c1-2-6-10-9(5-1)12-11(14-13-10)7-3-4-8-15-12/h1-2,5-6H,3-4,7-8H2. The molecular weight excluding hydrogens is 188 g/mol. The van der Waals surface area contributed by atoms with E-state index in [1.54, 1.807) is 0 Å². The average Bonchev–Trinajstić information content (AvgIpc) is 2.54. The Morgan fingerprint density at radius 2 is 2.00 bits per heavy atom. The molecule has 0 bridgehead atoms. The van der Waals surface area contributed by atoms with E-state index in [4.69, 9.17) is 4.74 Å². The van der Waals surface area contributed by atoms with Gasteiger partial charge in [0.2, 0.25) is 0 Å². The van der Waals surface area contributed by atoms with Crippen molar-refractivity contribution in [3.63, 3.8) is 0 Å². The van der Waals surface area contributed by atoms with Gasteiger partial charge in [-0.25, -0.2) is 0 Å². The van der Waals surface area contributed by atoms with Gasteiger partial charge in [0.25, 0.3) is 0 Å². The third-order valence-corrected chi connectivity index (χ3v) is 2.74. The number of rotatable bonds is 0. The minimum Gasteiger partial charge on any atom is -0.491 e. The molecule has 0 N–H and O–H groups in total. The van der Waals surface area contributed by atoms with Crippen LogP contribution in [0.5, 0.6) is 5.75 Å². The summed E-state index contributed by atoms with van der Waals surface area (Å²) in [5, 5.41) is 9.53. The smallest absolute Gasteiger partial charge is 0.152 e. The molecule has 0 atom stereocenters. The Morgan fingerprint density at radius 1 is 1.07 bits per heavy atom. The predicted molar refractivity (Wildman–Crippen MR) is 58.0 cm³/mol. The maximum absolute atomic E-state index is 5.76. The van der Waals surface area contributed by atoms with Gasteiger partial charge in [0, 0.05) is 5.39 Å². The lowest BCUT2D eigenvalue weighted by Crippen LogP contribution is -1.99. The zero-order valence-corrected chi connectivity index (χ0v) is 8.44. The van der Waals surface area contributed by atoms with E-state index < -0.39 is 0 Å². The van der Waals surface area contributed by atoms with Crippen LogP contribution in [0, 0.1) is 0 Å². The highest BCUT2D eigenvalue weighted by atomic mass is 16.5. The van der Waals surface area contributed by atoms with Crippen molar-refractivity contribution in [2.24, 2.45) is 0 Å². The summed E-state index contributed by atoms with van der Waals surface area (Å²) in [4.78, 5) is 0. The van der Waals surface area contributed by atoms with Gasteiger partial charge in [0.1, 0.15) is 5.69 Å². The van der Waals surface area contributed by atoms with Crippen molar-refractivity contribution < 1.29 is 4.74 Å². The Morgan fingerprint density at radius 3 is 3.00 bits per heavy atom. The van der Waals surface area contributed by atoms with Gasteiger partial charge in [-0.15, -0.1) is 5.10 Å². The minimum atomic E-state index is 0.794. The summed E-state index contributed by atoms with van der Waals surface area (Å²) in [5.74, 6) is 0.943. The molecule has 15 heavy (non-hydrogen) atoms. The normalized spacial score (nSPS) is 15.5. The van der Waals surface area contributed by atoms with Crippen LogP contribution in [0.4, 0.5) is 0 Å². The fourth-order valence-electron chi connectivity index (χ4n) is 1.96. The molecule has 2 aromatic rings. The zero-order valence-electron chi connectivity index (χ0n) is 8.44. The third kappa shape index (κ3) is 1.44. The third-order valence-electron chi connectivity index (χ3n) is 2.74. The first-order chi connectivity index (χ1) is 7.45. The molecule has 3 rings (SSSR count). The van der Waals surface area contributed by atoms with Crippen LogP contribution in [0.15, 0.2) is 24.3 Å². The van der Waals surface area contributed by atoms with Gasteiger partial charge in [-0.1, -0.05) is 12.1 Å². The Bertz CT molecular complexity index is 496. The molecule has 1 aromatic heterocycles. The number of hydrogen-bond donors (Lipinski definition) is 0. The highest BCUT2D eigenvalue weighted by Crippen LogP contribution is 2.29. The number of benzene rings is 1. The molecule has 0 saturated carbocycles. The maximum Gasteiger partial charge on any atom is 0.152 e. The van der Waals surface area contributed by atoms with E-state index in [1.165, 1.54) is 0 Å². The van der Waals surface area contributed by atoms with Gasteiger partial charge in [0.15, 0.2) is 5.75 Å². The summed E-state index contributed by atoms with van der Waals surface area (Å²) in [7, 11) is 0. The Kier molecular flexibility index (Phi) is 2.02. The minimum absolute atomic E-state index is 0.794. The topological polar surface area (TPSA) is 35.0 Å². The first kappa shape index (κ1) is 8.65. The molecule has 0 fully saturated rings. The van der Waals surface area contributed by atoms with Gasteiger partial charge in [-0.3, -0.25) is 0 Å². The molecule has 1 aliphatic rings. The molecule has 0 spiro atoms. The highest BCUT2D eigenvalue weighted by Gasteiger charge is 2.14. The van der Waals surface area contributed by atoms with Crippen LogP contribution in [0.1, 0.15) is 18.5 Å². The molecule has 0 saturated heterocycles. The Hall–Kier alpha value is -1.64. The van der Waals surface area contributed by atoms with Crippen LogP contribution in [0.25, 0.3) is 10.9 Å². The van der Waals surface area contributed by atoms with Gasteiger partial charge in [-0.2, -0.15) is 5.10 Å². The molecule has 3 nitrogen and oxygen atoms in total. The Labute approximate surface area is 88.1 Å². The highest BCUT2D eigenvalue weighted by molar-refractivity contribution is 5.85. The number of fused-ring (bicyclic) bond motifs is 3. The lowest BCUT2D eigenvalue weighted by Gasteiger charge is -2.08. The quantitative estimate of drug-likeness (QED) is 0.654. The van der Waals surface area contributed by atoms with Gasteiger partial charge in [0.05, 0.1) is 12.1 Å². The second-order valence-electron chi connectivity index (χ2n) is 3.80. The monoisotopic (exact) mass is 200 g/mol. The van der Waals surface area contributed by atoms with Crippen LogP contribution >= 0.6 is 0 Å². The van der Waals surface area contributed by atoms with Crippen molar-refractivity contribution >= 4 is 10.9 Å². The van der Waals surface area contributed by atoms with Crippen molar-refractivity contribution in [1.29, 1.82) is 0 Å². The van der Waals surface area contributed by atoms with Crippen molar-refractivity contribution in [2.45, 2.75) is 19.3 Å². The predicted octanol–water partition coefficient (Wildman–Crippen LogP) is 2.34. The summed E-state index contributed by atoms with van der Waals surface area (Å²) in [6, 6.07) is 8.00. The van der Waals surface area contributed by atoms with Crippen molar-refractivity contribution in [2.75, 3.05) is 6.61 Å². The fourth-order valence-corrected chi connectivity index (χ4v) is 1.96. The van der Waals surface area contributed by atoms with Crippen molar-refractivity contribution in [3.8, 4) is 5.75 Å². The molecule has 0 unspecified atom stereocenters. The molecule has 0 aliphatic carbocycles. The summed E-state index contributed by atoms with van der Waals surface area (Å²) < 4.78 is 5.76. The number of nitrogens with zero attached hydrogens (tertiary/aromatic N) is 2. The number of aryl methyl sites for hydroxylation is 1. The Balaban J connectivity index is 2.27. The number of hydrogen-bond acceptors (Lipinski definition) is 3. The van der Waals surface area contributed by atoms with Crippen molar-refractivity contribution in [1.82, 2.24) is 10.2 Å². The fraction of sp³-hybridized carbons (Fsp3) is 0.333. The van der Waals surface area contributed by atoms with Gasteiger partial charge in [-0.05, 0) is 31.4 Å². The summed E-state index contributed by atoms with van der Waals surface area (Å²) in [6.07, 6.45) is 3.22. The molecule has 0 amide bonds. The molecule has 0 radical (unpaired) electrons. The molecule has 2 heterocycles. The number of ether oxygens (including phenoxy) is 1. The molecule has 3 heteroatoms. The van der Waals surface area contributed by atoms with E-state index in [0.717, 1.165) is 48.2 Å². The lowest BCUT2D eigenvalue weighted by molar-refractivity contribution is 0.319. The van der Waals surface area contributed by atoms with Crippen LogP contribution in [-0.2, 0) is 6.42 Å². The van der Waals surface area contributed by atoms with Crippen molar-refractivity contribution in [3.05, 3.63) is 30.0 Å². The van der Waals surface area contributed by atoms with Gasteiger partial charge >= 0.3 is 0 Å². The van der Waals surface area contributed by atoms with E-state index in [2.05, 4.69) is 10.2 Å². The van der Waals surface area contributed by atoms with E-state index in [0.29, 0.717) is 0 Å². The van der Waals surface area contributed by atoms with Crippen LogP contribution in [-0.4, -0.2) is 16.8 Å². The molecule has 1 aromatic carbocycles. The lowest BCUT2D eigenvalue weighted by atomic mass is 10.1. The average molecular weight is 200 g/mol. The van der Waals surface area contributed by atoms with Gasteiger partial charge < -0.3 is 4.74 Å². The first-order valence-corrected chi connectivity index (χ1v) is 5.32.